The van der Waals surface area contributed by atoms with Gasteiger partial charge in [-0.05, 0) is 38.0 Å². The van der Waals surface area contributed by atoms with E-state index in [1.54, 1.807) is 14.2 Å². The second kappa shape index (κ2) is 13.1. The predicted octanol–water partition coefficient (Wildman–Crippen LogP) is 6.32. The molecule has 2 fully saturated rings. The van der Waals surface area contributed by atoms with E-state index in [1.807, 2.05) is 12.2 Å². The third-order valence-electron chi connectivity index (χ3n) is 6.72. The van der Waals surface area contributed by atoms with E-state index in [1.165, 1.54) is 12.8 Å². The Kier molecular flexibility index (Phi) is 10.5. The zero-order valence-electron chi connectivity index (χ0n) is 20.9. The normalized spacial score (nSPS) is 25.8. The molecule has 8 heteroatoms. The summed E-state index contributed by atoms with van der Waals surface area (Å²) < 4.78 is 37.1. The molecule has 0 radical (unpaired) electrons. The summed E-state index contributed by atoms with van der Waals surface area (Å²) in [5.74, 6) is 1.51. The molecule has 0 spiro atoms. The Bertz CT molecular complexity index is 715. The van der Waals surface area contributed by atoms with Crippen LogP contribution in [0.3, 0.4) is 0 Å². The molecule has 0 aromatic heterocycles. The highest BCUT2D eigenvalue weighted by molar-refractivity contribution is 7.54. The van der Waals surface area contributed by atoms with Gasteiger partial charge in [0, 0.05) is 0 Å². The zero-order chi connectivity index (χ0) is 23.7. The first-order valence-electron chi connectivity index (χ1n) is 12.8. The Morgan fingerprint density at radius 3 is 1.88 bits per heavy atom. The molecule has 0 saturated heterocycles. The van der Waals surface area contributed by atoms with Crippen molar-refractivity contribution < 1.29 is 23.1 Å². The molecular weight excluding hydrogens is 439 g/mol. The average molecular weight is 483 g/mol. The van der Waals surface area contributed by atoms with Gasteiger partial charge in [-0.1, -0.05) is 64.5 Å². The van der Waals surface area contributed by atoms with E-state index in [9.17, 15) is 4.57 Å². The quantitative estimate of drug-likeness (QED) is 0.284. The van der Waals surface area contributed by atoms with Gasteiger partial charge in [0.15, 0.2) is 0 Å². The van der Waals surface area contributed by atoms with Gasteiger partial charge in [-0.15, -0.1) is 0 Å². The lowest BCUT2D eigenvalue weighted by Crippen LogP contribution is -2.37. The van der Waals surface area contributed by atoms with Crippen molar-refractivity contribution in [2.24, 2.45) is 15.9 Å². The van der Waals surface area contributed by atoms with Gasteiger partial charge in [-0.3, -0.25) is 4.57 Å². The van der Waals surface area contributed by atoms with Crippen molar-refractivity contribution in [2.75, 3.05) is 20.4 Å². The van der Waals surface area contributed by atoms with Crippen LogP contribution in [0.4, 0.5) is 0 Å². The van der Waals surface area contributed by atoms with Crippen LogP contribution in [0.1, 0.15) is 84.5 Å². The van der Waals surface area contributed by atoms with Crippen LogP contribution in [0.15, 0.2) is 22.1 Å². The fourth-order valence-corrected chi connectivity index (χ4v) is 6.81. The summed E-state index contributed by atoms with van der Waals surface area (Å²) in [6.45, 7) is 4.18. The van der Waals surface area contributed by atoms with Crippen LogP contribution in [0.5, 0.6) is 0 Å². The zero-order valence-corrected chi connectivity index (χ0v) is 21.8. The molecule has 0 amide bonds. The molecule has 0 aromatic carbocycles. The molecule has 0 bridgehead atoms. The van der Waals surface area contributed by atoms with Gasteiger partial charge in [0.25, 0.3) is 0 Å². The van der Waals surface area contributed by atoms with Crippen molar-refractivity contribution in [3.05, 3.63) is 12.2 Å². The van der Waals surface area contributed by atoms with E-state index >= 15 is 0 Å². The van der Waals surface area contributed by atoms with Crippen LogP contribution in [-0.2, 0) is 23.1 Å². The van der Waals surface area contributed by atoms with Crippen LogP contribution in [0, 0.1) is 5.92 Å². The molecule has 0 N–H and O–H groups in total. The van der Waals surface area contributed by atoms with Crippen molar-refractivity contribution in [1.82, 2.24) is 0 Å². The Balaban J connectivity index is 1.63. The van der Waals surface area contributed by atoms with Crippen molar-refractivity contribution in [3.63, 3.8) is 0 Å². The molecule has 2 aliphatic carbocycles. The monoisotopic (exact) mass is 482 g/mol. The van der Waals surface area contributed by atoms with E-state index in [0.29, 0.717) is 24.4 Å². The maximum atomic E-state index is 13.7. The topological polar surface area (TPSA) is 78.7 Å². The standard InChI is InChI=1S/C25H43N2O5P/c1-19(2)23-25(30-4)26-22(24(27-23)29-3)17-11-12-18-33(28,31-20-13-7-5-8-14-20)32-21-15-9-6-10-16-21/h11-12,19-23H,5-10,13-18H2,1-4H3/t22-,23+/m0/s1. The van der Waals surface area contributed by atoms with Crippen molar-refractivity contribution in [2.45, 2.75) is 109 Å². The second-order valence-electron chi connectivity index (χ2n) is 9.78. The molecule has 188 valence electrons. The molecular formula is C25H43N2O5P. The number of rotatable bonds is 9. The first-order chi connectivity index (χ1) is 15.9. The number of hydrogen-bond donors (Lipinski definition) is 0. The Labute approximate surface area is 199 Å². The molecule has 2 atom stereocenters. The molecule has 1 heterocycles. The third kappa shape index (κ3) is 7.93. The number of hydrogen-bond acceptors (Lipinski definition) is 7. The minimum atomic E-state index is -3.20. The SMILES string of the molecule is COC1=N[C@H](C(C)C)C(OC)=N[C@H]1CC=CCP(=O)(OC1CCCCC1)OC1CCCCC1. The highest BCUT2D eigenvalue weighted by Gasteiger charge is 2.33. The highest BCUT2D eigenvalue weighted by Crippen LogP contribution is 2.53. The number of aliphatic imine (C=N–C) groups is 2. The largest absolute Gasteiger partial charge is 0.483 e. The minimum absolute atomic E-state index is 0.0500. The van der Waals surface area contributed by atoms with Crippen LogP contribution < -0.4 is 0 Å². The summed E-state index contributed by atoms with van der Waals surface area (Å²) in [6.07, 6.45) is 15.8. The van der Waals surface area contributed by atoms with Gasteiger partial charge in [-0.25, -0.2) is 9.98 Å². The van der Waals surface area contributed by atoms with Crippen LogP contribution in [0.25, 0.3) is 0 Å². The number of allylic oxidation sites excluding steroid dienone is 1. The molecule has 0 unspecified atom stereocenters. The van der Waals surface area contributed by atoms with Gasteiger partial charge < -0.3 is 18.5 Å². The van der Waals surface area contributed by atoms with Gasteiger partial charge >= 0.3 is 7.60 Å². The lowest BCUT2D eigenvalue weighted by molar-refractivity contribution is 0.0803. The lowest BCUT2D eigenvalue weighted by atomic mass is 9.98. The Morgan fingerprint density at radius 1 is 0.848 bits per heavy atom. The first kappa shape index (κ1) is 26.4. The first-order valence-corrected chi connectivity index (χ1v) is 14.5. The Morgan fingerprint density at radius 2 is 1.39 bits per heavy atom. The number of methoxy groups -OCH3 is 2. The number of nitrogens with zero attached hydrogens (tertiary/aromatic N) is 2. The van der Waals surface area contributed by atoms with Gasteiger partial charge in [0.1, 0.15) is 12.1 Å². The van der Waals surface area contributed by atoms with E-state index in [2.05, 4.69) is 13.8 Å². The molecule has 7 nitrogen and oxygen atoms in total. The summed E-state index contributed by atoms with van der Waals surface area (Å²) in [7, 11) is 0.0663. The van der Waals surface area contributed by atoms with Crippen LogP contribution >= 0.6 is 7.60 Å². The summed E-state index contributed by atoms with van der Waals surface area (Å²) in [4.78, 5) is 9.45. The molecule has 0 aromatic rings. The molecule has 3 aliphatic rings. The van der Waals surface area contributed by atoms with Crippen LogP contribution in [0.2, 0.25) is 0 Å². The highest BCUT2D eigenvalue weighted by atomic mass is 31.2. The maximum Gasteiger partial charge on any atom is 0.334 e. The average Bonchev–Trinajstić information content (AvgIpc) is 2.82. The summed E-state index contributed by atoms with van der Waals surface area (Å²) >= 11 is 0. The molecule has 2 saturated carbocycles. The molecule has 3 rings (SSSR count). The number of ether oxygens (including phenoxy) is 2. The lowest BCUT2D eigenvalue weighted by Gasteiger charge is -2.31. The van der Waals surface area contributed by atoms with Gasteiger partial charge in [0.2, 0.25) is 11.8 Å². The maximum absolute atomic E-state index is 13.7. The molecule has 1 aliphatic heterocycles. The van der Waals surface area contributed by atoms with Gasteiger partial charge in [-0.2, -0.15) is 0 Å². The second-order valence-corrected chi connectivity index (χ2v) is 11.8. The predicted molar refractivity (Wildman–Crippen MR) is 133 cm³/mol. The van der Waals surface area contributed by atoms with Crippen LogP contribution in [-0.4, -0.2) is 56.5 Å². The van der Waals surface area contributed by atoms with E-state index in [-0.39, 0.29) is 30.2 Å². The van der Waals surface area contributed by atoms with E-state index in [4.69, 9.17) is 28.5 Å². The van der Waals surface area contributed by atoms with Crippen molar-refractivity contribution in [1.29, 1.82) is 0 Å². The fraction of sp³-hybridized carbons (Fsp3) is 0.840. The third-order valence-corrected chi connectivity index (χ3v) is 8.61. The summed E-state index contributed by atoms with van der Waals surface area (Å²) in [5, 5.41) is 0. The van der Waals surface area contributed by atoms with E-state index in [0.717, 1.165) is 51.4 Å². The summed E-state index contributed by atoms with van der Waals surface area (Å²) in [6, 6.07) is -0.368. The Hall–Kier alpha value is -1.17. The van der Waals surface area contributed by atoms with Crippen molar-refractivity contribution >= 4 is 19.4 Å². The van der Waals surface area contributed by atoms with Crippen molar-refractivity contribution in [3.8, 4) is 0 Å². The van der Waals surface area contributed by atoms with E-state index < -0.39 is 7.60 Å². The van der Waals surface area contributed by atoms with Gasteiger partial charge in [0.05, 0.1) is 32.6 Å². The minimum Gasteiger partial charge on any atom is -0.483 e. The smallest absolute Gasteiger partial charge is 0.334 e. The fourth-order valence-electron chi connectivity index (χ4n) is 4.85. The molecule has 33 heavy (non-hydrogen) atoms. The summed E-state index contributed by atoms with van der Waals surface area (Å²) in [5.41, 5.74) is 0.